The fourth-order valence-corrected chi connectivity index (χ4v) is 2.82. The topological polar surface area (TPSA) is 47.4 Å². The van der Waals surface area contributed by atoms with Crippen molar-refractivity contribution in [3.63, 3.8) is 0 Å². The van der Waals surface area contributed by atoms with Crippen LogP contribution >= 0.6 is 0 Å². The van der Waals surface area contributed by atoms with Crippen molar-refractivity contribution in [3.8, 4) is 5.75 Å². The van der Waals surface area contributed by atoms with Gasteiger partial charge in [-0.05, 0) is 24.6 Å². The highest BCUT2D eigenvalue weighted by Crippen LogP contribution is 2.20. The van der Waals surface area contributed by atoms with Gasteiger partial charge in [0, 0.05) is 25.4 Å². The van der Waals surface area contributed by atoms with Gasteiger partial charge in [0.25, 0.3) is 5.91 Å². The zero-order chi connectivity index (χ0) is 18.4. The number of rotatable bonds is 7. The third-order valence-electron chi connectivity index (χ3n) is 4.06. The molecule has 0 saturated carbocycles. The zero-order valence-electron chi connectivity index (χ0n) is 15.1. The van der Waals surface area contributed by atoms with Crippen molar-refractivity contribution in [2.45, 2.75) is 20.0 Å². The summed E-state index contributed by atoms with van der Waals surface area (Å²) in [6, 6.07) is 17.5. The van der Waals surface area contributed by atoms with Crippen LogP contribution in [0.15, 0.2) is 67.0 Å². The lowest BCUT2D eigenvalue weighted by Gasteiger charge is -2.18. The van der Waals surface area contributed by atoms with E-state index in [4.69, 9.17) is 4.74 Å². The zero-order valence-corrected chi connectivity index (χ0v) is 15.1. The summed E-state index contributed by atoms with van der Waals surface area (Å²) in [6.07, 6.45) is 3.78. The molecule has 26 heavy (non-hydrogen) atoms. The molecule has 1 heterocycles. The van der Waals surface area contributed by atoms with Gasteiger partial charge in [0.2, 0.25) is 0 Å². The minimum atomic E-state index is -0.0649. The first kappa shape index (κ1) is 17.7. The molecule has 0 fully saturated rings. The number of para-hydroxylation sites is 1. The first-order chi connectivity index (χ1) is 12.7. The smallest absolute Gasteiger partial charge is 0.257 e. The molecule has 0 aliphatic carbocycles. The molecule has 1 aromatic heterocycles. The largest absolute Gasteiger partial charge is 0.493 e. The molecule has 134 valence electrons. The van der Waals surface area contributed by atoms with Crippen LogP contribution in [-0.2, 0) is 13.1 Å². The summed E-state index contributed by atoms with van der Waals surface area (Å²) in [5.41, 5.74) is 2.76. The molecule has 3 aromatic rings. The highest BCUT2D eigenvalue weighted by molar-refractivity contribution is 5.96. The Kier molecular flexibility index (Phi) is 5.69. The standard InChI is InChI=1S/C21H23N3O2/c1-3-26-20-12-8-7-11-19(20)21(25)23(2)14-18-13-22-24(16-18)15-17-9-5-4-6-10-17/h4-13,16H,3,14-15H2,1-2H3. The van der Waals surface area contributed by atoms with Gasteiger partial charge in [0.05, 0.1) is 24.9 Å². The molecule has 0 atom stereocenters. The van der Waals surface area contributed by atoms with Gasteiger partial charge in [-0.1, -0.05) is 42.5 Å². The van der Waals surface area contributed by atoms with E-state index in [0.29, 0.717) is 31.0 Å². The molecule has 0 bridgehead atoms. The van der Waals surface area contributed by atoms with Gasteiger partial charge in [-0.3, -0.25) is 9.48 Å². The van der Waals surface area contributed by atoms with E-state index < -0.39 is 0 Å². The molecular formula is C21H23N3O2. The maximum absolute atomic E-state index is 12.8. The highest BCUT2D eigenvalue weighted by Gasteiger charge is 2.17. The average Bonchev–Trinajstić information content (AvgIpc) is 3.09. The summed E-state index contributed by atoms with van der Waals surface area (Å²) in [5.74, 6) is 0.552. The second-order valence-corrected chi connectivity index (χ2v) is 6.12. The predicted octanol–water partition coefficient (Wildman–Crippen LogP) is 3.60. The third kappa shape index (κ3) is 4.30. The molecule has 0 spiro atoms. The van der Waals surface area contributed by atoms with Gasteiger partial charge >= 0.3 is 0 Å². The van der Waals surface area contributed by atoms with Crippen LogP contribution in [0.2, 0.25) is 0 Å². The fourth-order valence-electron chi connectivity index (χ4n) is 2.82. The van der Waals surface area contributed by atoms with Gasteiger partial charge < -0.3 is 9.64 Å². The number of hydrogen-bond donors (Lipinski definition) is 0. The summed E-state index contributed by atoms with van der Waals surface area (Å²) in [5, 5.41) is 4.40. The first-order valence-electron chi connectivity index (χ1n) is 8.70. The van der Waals surface area contributed by atoms with E-state index in [-0.39, 0.29) is 5.91 Å². The molecule has 0 aliphatic rings. The molecule has 5 heteroatoms. The van der Waals surface area contributed by atoms with Crippen molar-refractivity contribution < 1.29 is 9.53 Å². The first-order valence-corrected chi connectivity index (χ1v) is 8.70. The number of ether oxygens (including phenoxy) is 1. The number of benzene rings is 2. The molecule has 5 nitrogen and oxygen atoms in total. The summed E-state index contributed by atoms with van der Waals surface area (Å²) in [7, 11) is 1.79. The minimum Gasteiger partial charge on any atom is -0.493 e. The second-order valence-electron chi connectivity index (χ2n) is 6.12. The molecule has 3 rings (SSSR count). The highest BCUT2D eigenvalue weighted by atomic mass is 16.5. The Labute approximate surface area is 153 Å². The van der Waals surface area contributed by atoms with Crippen LogP contribution in [0.4, 0.5) is 0 Å². The Morgan fingerprint density at radius 2 is 1.81 bits per heavy atom. The van der Waals surface area contributed by atoms with Crippen LogP contribution in [0.5, 0.6) is 5.75 Å². The minimum absolute atomic E-state index is 0.0649. The lowest BCUT2D eigenvalue weighted by molar-refractivity contribution is 0.0781. The van der Waals surface area contributed by atoms with Crippen LogP contribution < -0.4 is 4.74 Å². The summed E-state index contributed by atoms with van der Waals surface area (Å²) in [4.78, 5) is 14.4. The maximum Gasteiger partial charge on any atom is 0.257 e. The quantitative estimate of drug-likeness (QED) is 0.655. The fraction of sp³-hybridized carbons (Fsp3) is 0.238. The maximum atomic E-state index is 12.8. The number of aromatic nitrogens is 2. The van der Waals surface area contributed by atoms with Gasteiger partial charge in [-0.15, -0.1) is 0 Å². The van der Waals surface area contributed by atoms with Crippen molar-refractivity contribution in [2.75, 3.05) is 13.7 Å². The van der Waals surface area contributed by atoms with E-state index in [0.717, 1.165) is 5.56 Å². The van der Waals surface area contributed by atoms with E-state index in [1.54, 1.807) is 24.2 Å². The Bertz CT molecular complexity index is 858. The summed E-state index contributed by atoms with van der Waals surface area (Å²) < 4.78 is 7.45. The van der Waals surface area contributed by atoms with Gasteiger partial charge in [-0.25, -0.2) is 0 Å². The van der Waals surface area contributed by atoms with Crippen LogP contribution in [0.3, 0.4) is 0 Å². The molecule has 1 amide bonds. The van der Waals surface area contributed by atoms with E-state index in [2.05, 4.69) is 17.2 Å². The lowest BCUT2D eigenvalue weighted by Crippen LogP contribution is -2.26. The number of hydrogen-bond acceptors (Lipinski definition) is 3. The van der Waals surface area contributed by atoms with Crippen LogP contribution in [0.1, 0.15) is 28.4 Å². The van der Waals surface area contributed by atoms with Crippen LogP contribution in [0, 0.1) is 0 Å². The molecule has 0 radical (unpaired) electrons. The average molecular weight is 349 g/mol. The molecular weight excluding hydrogens is 326 g/mol. The molecule has 0 unspecified atom stereocenters. The van der Waals surface area contributed by atoms with Crippen molar-refractivity contribution in [3.05, 3.63) is 83.7 Å². The molecule has 0 N–H and O–H groups in total. The van der Waals surface area contributed by atoms with Crippen molar-refractivity contribution in [1.29, 1.82) is 0 Å². The summed E-state index contributed by atoms with van der Waals surface area (Å²) >= 11 is 0. The van der Waals surface area contributed by atoms with Crippen molar-refractivity contribution in [1.82, 2.24) is 14.7 Å². The predicted molar refractivity (Wildman–Crippen MR) is 101 cm³/mol. The van der Waals surface area contributed by atoms with Crippen LogP contribution in [0.25, 0.3) is 0 Å². The van der Waals surface area contributed by atoms with Gasteiger partial charge in [-0.2, -0.15) is 5.10 Å². The molecule has 0 saturated heterocycles. The second kappa shape index (κ2) is 8.34. The van der Waals surface area contributed by atoms with Gasteiger partial charge in [0.1, 0.15) is 5.75 Å². The van der Waals surface area contributed by atoms with E-state index in [1.165, 1.54) is 5.56 Å². The lowest BCUT2D eigenvalue weighted by atomic mass is 10.1. The van der Waals surface area contributed by atoms with E-state index >= 15 is 0 Å². The van der Waals surface area contributed by atoms with E-state index in [1.807, 2.05) is 54.2 Å². The van der Waals surface area contributed by atoms with Crippen LogP contribution in [-0.4, -0.2) is 34.2 Å². The molecule has 2 aromatic carbocycles. The monoisotopic (exact) mass is 349 g/mol. The Hall–Kier alpha value is -3.08. The third-order valence-corrected chi connectivity index (χ3v) is 4.06. The normalized spacial score (nSPS) is 10.5. The Balaban J connectivity index is 1.66. The number of nitrogens with zero attached hydrogens (tertiary/aromatic N) is 3. The summed E-state index contributed by atoms with van der Waals surface area (Å²) in [6.45, 7) is 3.64. The van der Waals surface area contributed by atoms with Crippen molar-refractivity contribution in [2.24, 2.45) is 0 Å². The molecule has 0 aliphatic heterocycles. The Morgan fingerprint density at radius 3 is 2.58 bits per heavy atom. The number of carbonyl (C=O) groups excluding carboxylic acids is 1. The Morgan fingerprint density at radius 1 is 1.08 bits per heavy atom. The number of carbonyl (C=O) groups is 1. The SMILES string of the molecule is CCOc1ccccc1C(=O)N(C)Cc1cnn(Cc2ccccc2)c1. The van der Waals surface area contributed by atoms with Crippen molar-refractivity contribution >= 4 is 5.91 Å². The van der Waals surface area contributed by atoms with E-state index in [9.17, 15) is 4.79 Å². The van der Waals surface area contributed by atoms with Gasteiger partial charge in [0.15, 0.2) is 0 Å². The number of amides is 1.